The second-order valence-corrected chi connectivity index (χ2v) is 4.74. The highest BCUT2D eigenvalue weighted by molar-refractivity contribution is 7.20. The summed E-state index contributed by atoms with van der Waals surface area (Å²) < 4.78 is 1.21. The summed E-state index contributed by atoms with van der Waals surface area (Å²) in [4.78, 5) is 15.7. The topological polar surface area (TPSA) is 30.0 Å². The van der Waals surface area contributed by atoms with Crippen LogP contribution >= 0.6 is 11.3 Å². The molecule has 0 amide bonds. The molecule has 0 aromatic carbocycles. The van der Waals surface area contributed by atoms with Crippen molar-refractivity contribution in [2.24, 2.45) is 0 Å². The molecule has 0 saturated heterocycles. The van der Waals surface area contributed by atoms with Gasteiger partial charge in [0.15, 0.2) is 6.29 Å². The summed E-state index contributed by atoms with van der Waals surface area (Å²) in [7, 11) is 0. The molecule has 0 bridgehead atoms. The molecule has 14 heavy (non-hydrogen) atoms. The predicted molar refractivity (Wildman–Crippen MR) is 57.0 cm³/mol. The monoisotopic (exact) mass is 203 g/mol. The molecule has 0 spiro atoms. The highest BCUT2D eigenvalue weighted by atomic mass is 32.1. The van der Waals surface area contributed by atoms with Crippen LogP contribution in [-0.4, -0.2) is 11.3 Å². The van der Waals surface area contributed by atoms with Crippen molar-refractivity contribution in [1.29, 1.82) is 0 Å². The van der Waals surface area contributed by atoms with Crippen LogP contribution in [0.3, 0.4) is 0 Å². The Balaban J connectivity index is 2.28. The van der Waals surface area contributed by atoms with Gasteiger partial charge < -0.3 is 0 Å². The second-order valence-electron chi connectivity index (χ2n) is 3.66. The van der Waals surface area contributed by atoms with E-state index < -0.39 is 0 Å². The van der Waals surface area contributed by atoms with Crippen LogP contribution in [0.4, 0.5) is 0 Å². The van der Waals surface area contributed by atoms with E-state index in [1.807, 2.05) is 12.3 Å². The molecule has 0 N–H and O–H groups in total. The average Bonchev–Trinajstić information content (AvgIpc) is 2.96. The number of carbonyl (C=O) groups is 1. The summed E-state index contributed by atoms with van der Waals surface area (Å²) in [5, 5.41) is 0. The summed E-state index contributed by atoms with van der Waals surface area (Å²) in [6.45, 7) is 0. The second kappa shape index (κ2) is 2.89. The zero-order valence-corrected chi connectivity index (χ0v) is 8.38. The lowest BCUT2D eigenvalue weighted by atomic mass is 10.1. The van der Waals surface area contributed by atoms with Crippen molar-refractivity contribution in [3.63, 3.8) is 0 Å². The third kappa shape index (κ3) is 1.16. The number of fused-ring (bicyclic) bond motifs is 1. The predicted octanol–water partition coefficient (Wildman–Crippen LogP) is 2.99. The first-order chi connectivity index (χ1) is 6.88. The molecule has 2 heterocycles. The fourth-order valence-electron chi connectivity index (χ4n) is 1.75. The minimum Gasteiger partial charge on any atom is -0.297 e. The molecule has 3 heteroatoms. The Morgan fingerprint density at radius 2 is 2.36 bits per heavy atom. The van der Waals surface area contributed by atoms with E-state index in [-0.39, 0.29) is 0 Å². The van der Waals surface area contributed by atoms with Crippen molar-refractivity contribution in [2.75, 3.05) is 0 Å². The van der Waals surface area contributed by atoms with E-state index in [0.717, 1.165) is 22.6 Å². The van der Waals surface area contributed by atoms with Crippen molar-refractivity contribution in [1.82, 2.24) is 4.98 Å². The Bertz CT molecular complexity index is 499. The third-order valence-corrected chi connectivity index (χ3v) is 3.69. The molecule has 2 aromatic rings. The van der Waals surface area contributed by atoms with Crippen LogP contribution in [0.15, 0.2) is 18.3 Å². The molecule has 1 fully saturated rings. The van der Waals surface area contributed by atoms with Gasteiger partial charge in [-0.2, -0.15) is 0 Å². The van der Waals surface area contributed by atoms with Gasteiger partial charge in [0.05, 0.1) is 15.1 Å². The first-order valence-electron chi connectivity index (χ1n) is 4.72. The van der Waals surface area contributed by atoms with Crippen molar-refractivity contribution in [3.8, 4) is 0 Å². The van der Waals surface area contributed by atoms with Gasteiger partial charge >= 0.3 is 0 Å². The van der Waals surface area contributed by atoms with Crippen LogP contribution in [0.2, 0.25) is 0 Å². The number of carbonyl (C=O) groups excluding carboxylic acids is 1. The van der Waals surface area contributed by atoms with Gasteiger partial charge in [-0.25, -0.2) is 0 Å². The lowest BCUT2D eigenvalue weighted by Crippen LogP contribution is -1.80. The Morgan fingerprint density at radius 3 is 3.07 bits per heavy atom. The highest BCUT2D eigenvalue weighted by Crippen LogP contribution is 2.44. The molecule has 2 nitrogen and oxygen atoms in total. The van der Waals surface area contributed by atoms with Crippen molar-refractivity contribution in [2.45, 2.75) is 18.8 Å². The number of hydrogen-bond donors (Lipinski definition) is 0. The van der Waals surface area contributed by atoms with E-state index in [0.29, 0.717) is 0 Å². The van der Waals surface area contributed by atoms with Gasteiger partial charge in [-0.1, -0.05) is 0 Å². The first-order valence-corrected chi connectivity index (χ1v) is 5.54. The number of thiophene rings is 1. The summed E-state index contributed by atoms with van der Waals surface area (Å²) in [5.74, 6) is 0.721. The standard InChI is InChI=1S/C11H9NOS/c13-6-8-5-10-11(14-8)9(3-4-12-10)7-1-2-7/h3-7H,1-2H2. The maximum absolute atomic E-state index is 10.7. The van der Waals surface area contributed by atoms with Gasteiger partial charge in [0.1, 0.15) is 0 Å². The molecular weight excluding hydrogens is 194 g/mol. The summed E-state index contributed by atoms with van der Waals surface area (Å²) >= 11 is 1.56. The molecular formula is C11H9NOS. The van der Waals surface area contributed by atoms with Crippen molar-refractivity contribution < 1.29 is 4.79 Å². The highest BCUT2D eigenvalue weighted by Gasteiger charge is 2.26. The molecule has 0 atom stereocenters. The number of aromatic nitrogens is 1. The van der Waals surface area contributed by atoms with Gasteiger partial charge in [-0.3, -0.25) is 9.78 Å². The zero-order valence-electron chi connectivity index (χ0n) is 7.56. The fourth-order valence-corrected chi connectivity index (χ4v) is 2.77. The first kappa shape index (κ1) is 8.12. The molecule has 3 rings (SSSR count). The van der Waals surface area contributed by atoms with Crippen molar-refractivity contribution in [3.05, 3.63) is 28.8 Å². The summed E-state index contributed by atoms with van der Waals surface area (Å²) in [5.41, 5.74) is 2.36. The Morgan fingerprint density at radius 1 is 1.50 bits per heavy atom. The van der Waals surface area contributed by atoms with Crippen LogP contribution in [0.1, 0.15) is 34.0 Å². The normalized spacial score (nSPS) is 16.0. The molecule has 70 valence electrons. The minimum atomic E-state index is 0.721. The fraction of sp³-hybridized carbons (Fsp3) is 0.273. The molecule has 0 unspecified atom stereocenters. The number of rotatable bonds is 2. The third-order valence-electron chi connectivity index (χ3n) is 2.59. The maximum Gasteiger partial charge on any atom is 0.160 e. The Kier molecular flexibility index (Phi) is 1.67. The quantitative estimate of drug-likeness (QED) is 0.702. The van der Waals surface area contributed by atoms with E-state index in [4.69, 9.17) is 0 Å². The van der Waals surface area contributed by atoms with Gasteiger partial charge in [0, 0.05) is 6.20 Å². The number of pyridine rings is 1. The van der Waals surface area contributed by atoms with E-state index in [2.05, 4.69) is 11.1 Å². The van der Waals surface area contributed by atoms with Gasteiger partial charge in [0.2, 0.25) is 0 Å². The van der Waals surface area contributed by atoms with E-state index >= 15 is 0 Å². The molecule has 1 aliphatic carbocycles. The largest absolute Gasteiger partial charge is 0.297 e. The van der Waals surface area contributed by atoms with E-state index in [1.54, 1.807) is 11.3 Å². The minimum absolute atomic E-state index is 0.721. The lowest BCUT2D eigenvalue weighted by molar-refractivity contribution is 0.112. The zero-order chi connectivity index (χ0) is 9.54. The number of aldehydes is 1. The van der Waals surface area contributed by atoms with Gasteiger partial charge in [-0.15, -0.1) is 11.3 Å². The molecule has 1 aliphatic rings. The van der Waals surface area contributed by atoms with Crippen LogP contribution in [0.5, 0.6) is 0 Å². The number of nitrogens with zero attached hydrogens (tertiary/aromatic N) is 1. The average molecular weight is 203 g/mol. The smallest absolute Gasteiger partial charge is 0.160 e. The molecule has 1 saturated carbocycles. The molecule has 2 aromatic heterocycles. The van der Waals surface area contributed by atoms with Crippen molar-refractivity contribution >= 4 is 27.8 Å². The van der Waals surface area contributed by atoms with E-state index in [1.165, 1.54) is 23.1 Å². The maximum atomic E-state index is 10.7. The molecule has 0 radical (unpaired) electrons. The van der Waals surface area contributed by atoms with Crippen LogP contribution in [0.25, 0.3) is 10.2 Å². The van der Waals surface area contributed by atoms with Gasteiger partial charge in [-0.05, 0) is 36.5 Å². The number of hydrogen-bond acceptors (Lipinski definition) is 3. The Labute approximate surface area is 85.6 Å². The molecule has 0 aliphatic heterocycles. The van der Waals surface area contributed by atoms with Gasteiger partial charge in [0.25, 0.3) is 0 Å². The Hall–Kier alpha value is -1.22. The SMILES string of the molecule is O=Cc1cc2nccc(C3CC3)c2s1. The van der Waals surface area contributed by atoms with Crippen LogP contribution in [-0.2, 0) is 0 Å². The summed E-state index contributed by atoms with van der Waals surface area (Å²) in [6, 6.07) is 3.96. The van der Waals surface area contributed by atoms with Crippen LogP contribution < -0.4 is 0 Å². The lowest BCUT2D eigenvalue weighted by Gasteiger charge is -1.97. The van der Waals surface area contributed by atoms with E-state index in [9.17, 15) is 4.79 Å². The summed E-state index contributed by atoms with van der Waals surface area (Å²) in [6.07, 6.45) is 5.32. The van der Waals surface area contributed by atoms with Crippen LogP contribution in [0, 0.1) is 0 Å².